The van der Waals surface area contributed by atoms with Crippen LogP contribution in [0.1, 0.15) is 34.3 Å². The van der Waals surface area contributed by atoms with E-state index in [1.807, 2.05) is 18.2 Å². The van der Waals surface area contributed by atoms with Gasteiger partial charge in [-0.05, 0) is 23.3 Å². The van der Waals surface area contributed by atoms with E-state index >= 15 is 0 Å². The molecule has 0 aliphatic carbocycles. The molecule has 21 heavy (non-hydrogen) atoms. The van der Waals surface area contributed by atoms with E-state index in [-0.39, 0.29) is 5.97 Å². The topological polar surface area (TPSA) is 29.5 Å². The number of rotatable bonds is 3. The van der Waals surface area contributed by atoms with E-state index in [4.69, 9.17) is 4.74 Å². The van der Waals surface area contributed by atoms with Crippen molar-refractivity contribution >= 4 is 11.7 Å². The number of esters is 1. The first-order chi connectivity index (χ1) is 10.2. The van der Waals surface area contributed by atoms with Crippen LogP contribution in [-0.2, 0) is 11.3 Å². The molecule has 1 aliphatic heterocycles. The van der Waals surface area contributed by atoms with Crippen LogP contribution in [0, 0.1) is 0 Å². The summed E-state index contributed by atoms with van der Waals surface area (Å²) in [7, 11) is 1.42. The van der Waals surface area contributed by atoms with Crippen molar-refractivity contribution in [3.8, 4) is 0 Å². The number of hydrogen-bond donors (Lipinski definition) is 0. The Bertz CT molecular complexity index is 652. The maximum Gasteiger partial charge on any atom is 0.337 e. The average Bonchev–Trinajstić information content (AvgIpc) is 2.83. The van der Waals surface area contributed by atoms with Crippen LogP contribution in [0.15, 0.2) is 48.5 Å². The van der Waals surface area contributed by atoms with E-state index in [2.05, 4.69) is 42.2 Å². The Morgan fingerprint density at radius 3 is 2.71 bits per heavy atom. The molecule has 0 saturated carbocycles. The first kappa shape index (κ1) is 13.7. The lowest BCUT2D eigenvalue weighted by Gasteiger charge is -2.20. The van der Waals surface area contributed by atoms with Crippen molar-refractivity contribution in [1.82, 2.24) is 0 Å². The number of carbonyl (C=O) groups is 1. The molecule has 2 aromatic rings. The highest BCUT2D eigenvalue weighted by atomic mass is 16.5. The van der Waals surface area contributed by atoms with E-state index in [0.717, 1.165) is 18.8 Å². The van der Waals surface area contributed by atoms with Crippen molar-refractivity contribution in [3.63, 3.8) is 0 Å². The largest absolute Gasteiger partial charge is 0.465 e. The van der Waals surface area contributed by atoms with Crippen LogP contribution < -0.4 is 4.90 Å². The molecular weight excluding hydrogens is 262 g/mol. The molecule has 1 heterocycles. The molecular formula is C18H19NO2. The zero-order valence-corrected chi connectivity index (χ0v) is 12.4. The van der Waals surface area contributed by atoms with E-state index < -0.39 is 0 Å². The number of nitrogens with zero attached hydrogens (tertiary/aromatic N) is 1. The lowest BCUT2D eigenvalue weighted by Crippen LogP contribution is -2.20. The molecule has 0 radical (unpaired) electrons. The second kappa shape index (κ2) is 5.60. The van der Waals surface area contributed by atoms with Crippen LogP contribution >= 0.6 is 0 Å². The van der Waals surface area contributed by atoms with Crippen LogP contribution in [0.25, 0.3) is 0 Å². The summed E-state index contributed by atoms with van der Waals surface area (Å²) in [5, 5.41) is 0. The molecule has 0 saturated heterocycles. The summed E-state index contributed by atoms with van der Waals surface area (Å²) in [6.45, 7) is 4.07. The number of fused-ring (bicyclic) bond motifs is 1. The Hall–Kier alpha value is -2.29. The number of hydrogen-bond acceptors (Lipinski definition) is 3. The lowest BCUT2D eigenvalue weighted by atomic mass is 10.0. The standard InChI is InChI=1S/C18H19NO2/c1-13-11-19(12-14-6-4-3-5-7-14)17-10-15(18(20)21-2)8-9-16(13)17/h3-10,13H,11-12H2,1-2H3. The van der Waals surface area contributed by atoms with Gasteiger partial charge in [0.2, 0.25) is 0 Å². The molecule has 2 aromatic carbocycles. The predicted molar refractivity (Wildman–Crippen MR) is 83.7 cm³/mol. The van der Waals surface area contributed by atoms with Crippen molar-refractivity contribution in [2.45, 2.75) is 19.4 Å². The van der Waals surface area contributed by atoms with E-state index in [1.165, 1.54) is 18.2 Å². The Balaban J connectivity index is 1.92. The van der Waals surface area contributed by atoms with E-state index in [1.54, 1.807) is 0 Å². The molecule has 1 aliphatic rings. The van der Waals surface area contributed by atoms with E-state index in [0.29, 0.717) is 11.5 Å². The number of ether oxygens (including phenoxy) is 1. The smallest absolute Gasteiger partial charge is 0.337 e. The molecule has 0 N–H and O–H groups in total. The fourth-order valence-electron chi connectivity index (χ4n) is 2.96. The van der Waals surface area contributed by atoms with Gasteiger partial charge in [-0.15, -0.1) is 0 Å². The minimum atomic E-state index is -0.281. The van der Waals surface area contributed by atoms with Crippen molar-refractivity contribution in [1.29, 1.82) is 0 Å². The van der Waals surface area contributed by atoms with Crippen molar-refractivity contribution in [2.75, 3.05) is 18.6 Å². The second-order valence-corrected chi connectivity index (χ2v) is 5.53. The van der Waals surface area contributed by atoms with Gasteiger partial charge in [0.05, 0.1) is 12.7 Å². The van der Waals surface area contributed by atoms with Gasteiger partial charge in [0, 0.05) is 24.7 Å². The van der Waals surface area contributed by atoms with Gasteiger partial charge in [-0.3, -0.25) is 0 Å². The molecule has 3 heteroatoms. The molecule has 3 rings (SSSR count). The molecule has 0 fully saturated rings. The normalized spacial score (nSPS) is 16.7. The zero-order chi connectivity index (χ0) is 14.8. The molecule has 108 valence electrons. The molecule has 0 spiro atoms. The summed E-state index contributed by atoms with van der Waals surface area (Å²) < 4.78 is 4.82. The molecule has 1 atom stereocenters. The van der Waals surface area contributed by atoms with Crippen LogP contribution in [0.3, 0.4) is 0 Å². The highest BCUT2D eigenvalue weighted by Gasteiger charge is 2.26. The third kappa shape index (κ3) is 2.64. The maximum atomic E-state index is 11.7. The zero-order valence-electron chi connectivity index (χ0n) is 12.4. The van der Waals surface area contributed by atoms with Crippen molar-refractivity contribution < 1.29 is 9.53 Å². The third-order valence-corrected chi connectivity index (χ3v) is 4.03. The maximum absolute atomic E-state index is 11.7. The molecule has 1 unspecified atom stereocenters. The minimum Gasteiger partial charge on any atom is -0.465 e. The quantitative estimate of drug-likeness (QED) is 0.805. The van der Waals surface area contributed by atoms with Crippen molar-refractivity contribution in [3.05, 3.63) is 65.2 Å². The third-order valence-electron chi connectivity index (χ3n) is 4.03. The fourth-order valence-corrected chi connectivity index (χ4v) is 2.96. The number of anilines is 1. The van der Waals surface area contributed by atoms with Crippen LogP contribution in [0.5, 0.6) is 0 Å². The molecule has 0 amide bonds. The molecule has 3 nitrogen and oxygen atoms in total. The average molecular weight is 281 g/mol. The Morgan fingerprint density at radius 2 is 2.00 bits per heavy atom. The van der Waals surface area contributed by atoms with Crippen LogP contribution in [-0.4, -0.2) is 19.6 Å². The van der Waals surface area contributed by atoms with Crippen molar-refractivity contribution in [2.24, 2.45) is 0 Å². The van der Waals surface area contributed by atoms with Crippen LogP contribution in [0.2, 0.25) is 0 Å². The summed E-state index contributed by atoms with van der Waals surface area (Å²) in [6.07, 6.45) is 0. The van der Waals surface area contributed by atoms with Crippen LogP contribution in [0.4, 0.5) is 5.69 Å². The summed E-state index contributed by atoms with van der Waals surface area (Å²) in [4.78, 5) is 14.1. The van der Waals surface area contributed by atoms with Gasteiger partial charge < -0.3 is 9.64 Å². The van der Waals surface area contributed by atoms with Gasteiger partial charge in [-0.25, -0.2) is 4.79 Å². The van der Waals surface area contributed by atoms with Gasteiger partial charge >= 0.3 is 5.97 Å². The Morgan fingerprint density at radius 1 is 1.24 bits per heavy atom. The van der Waals surface area contributed by atoms with Gasteiger partial charge in [0.1, 0.15) is 0 Å². The van der Waals surface area contributed by atoms with Gasteiger partial charge in [0.15, 0.2) is 0 Å². The highest BCUT2D eigenvalue weighted by molar-refractivity contribution is 5.91. The Labute approximate surface area is 125 Å². The summed E-state index contributed by atoms with van der Waals surface area (Å²) in [5.74, 6) is 0.201. The first-order valence-corrected chi connectivity index (χ1v) is 7.20. The Kier molecular flexibility index (Phi) is 3.65. The minimum absolute atomic E-state index is 0.281. The number of benzene rings is 2. The first-order valence-electron chi connectivity index (χ1n) is 7.20. The highest BCUT2D eigenvalue weighted by Crippen LogP contribution is 2.37. The van der Waals surface area contributed by atoms with Gasteiger partial charge in [0.25, 0.3) is 0 Å². The summed E-state index contributed by atoms with van der Waals surface area (Å²) in [5.41, 5.74) is 4.34. The summed E-state index contributed by atoms with van der Waals surface area (Å²) >= 11 is 0. The second-order valence-electron chi connectivity index (χ2n) is 5.53. The number of carbonyl (C=O) groups excluding carboxylic acids is 1. The van der Waals surface area contributed by atoms with Gasteiger partial charge in [-0.2, -0.15) is 0 Å². The van der Waals surface area contributed by atoms with Gasteiger partial charge in [-0.1, -0.05) is 43.3 Å². The molecule has 0 bridgehead atoms. The SMILES string of the molecule is COC(=O)c1ccc2c(c1)N(Cc1ccccc1)CC2C. The predicted octanol–water partition coefficient (Wildman–Crippen LogP) is 3.60. The monoisotopic (exact) mass is 281 g/mol. The molecule has 0 aromatic heterocycles. The number of methoxy groups -OCH3 is 1. The van der Waals surface area contributed by atoms with E-state index in [9.17, 15) is 4.79 Å². The summed E-state index contributed by atoms with van der Waals surface area (Å²) in [6, 6.07) is 16.3. The fraction of sp³-hybridized carbons (Fsp3) is 0.278. The lowest BCUT2D eigenvalue weighted by molar-refractivity contribution is 0.0601.